The fourth-order valence-electron chi connectivity index (χ4n) is 2.26. The number of hydrogen-bond donors (Lipinski definition) is 1. The summed E-state index contributed by atoms with van der Waals surface area (Å²) in [5, 5.41) is 9.04. The van der Waals surface area contributed by atoms with Crippen molar-refractivity contribution in [3.8, 4) is 0 Å². The lowest BCUT2D eigenvalue weighted by atomic mass is 9.81. The van der Waals surface area contributed by atoms with E-state index in [4.69, 9.17) is 14.6 Å². The van der Waals surface area contributed by atoms with E-state index in [1.807, 2.05) is 0 Å². The molecule has 1 atom stereocenters. The maximum atomic E-state index is 10.9. The average molecular weight is 186 g/mol. The second-order valence-corrected chi connectivity index (χ2v) is 3.77. The molecule has 0 radical (unpaired) electrons. The van der Waals surface area contributed by atoms with Crippen molar-refractivity contribution in [2.45, 2.75) is 43.8 Å². The Morgan fingerprint density at radius 2 is 2.08 bits per heavy atom. The van der Waals surface area contributed by atoms with Crippen LogP contribution in [0.1, 0.15) is 32.1 Å². The van der Waals surface area contributed by atoms with Crippen LogP contribution in [-0.4, -0.2) is 29.6 Å². The molecule has 1 heterocycles. The summed E-state index contributed by atoms with van der Waals surface area (Å²) in [7, 11) is 0. The number of aliphatic hydroxyl groups excluding tert-OH is 1. The molecule has 0 aromatic rings. The maximum absolute atomic E-state index is 10.9. The lowest BCUT2D eigenvalue weighted by molar-refractivity contribution is -0.0245. The highest BCUT2D eigenvalue weighted by Gasteiger charge is 2.51. The largest absolute Gasteiger partial charge is 0.509 e. The molecule has 1 aliphatic carbocycles. The van der Waals surface area contributed by atoms with Gasteiger partial charge in [-0.05, 0) is 25.7 Å². The van der Waals surface area contributed by atoms with Crippen molar-refractivity contribution in [1.82, 2.24) is 0 Å². The molecule has 1 saturated heterocycles. The van der Waals surface area contributed by atoms with Gasteiger partial charge in [0.25, 0.3) is 0 Å². The molecule has 2 aliphatic rings. The van der Waals surface area contributed by atoms with Crippen LogP contribution in [-0.2, 0) is 9.47 Å². The number of carbonyl (C=O) groups is 1. The first kappa shape index (κ1) is 8.81. The fourth-order valence-corrected chi connectivity index (χ4v) is 2.26. The molecule has 4 nitrogen and oxygen atoms in total. The van der Waals surface area contributed by atoms with Gasteiger partial charge in [0, 0.05) is 0 Å². The summed E-state index contributed by atoms with van der Waals surface area (Å²) < 4.78 is 10.1. The zero-order chi connectivity index (χ0) is 9.31. The van der Waals surface area contributed by atoms with Crippen molar-refractivity contribution in [1.29, 1.82) is 0 Å². The van der Waals surface area contributed by atoms with E-state index in [0.29, 0.717) is 0 Å². The standard InChI is InChI=1S/C9H14O4/c10-6-7-9(13-8(11)12-7)4-2-1-3-5-9/h7,10H,1-6H2. The van der Waals surface area contributed by atoms with Crippen molar-refractivity contribution in [2.75, 3.05) is 6.61 Å². The molecular weight excluding hydrogens is 172 g/mol. The third-order valence-electron chi connectivity index (χ3n) is 2.98. The van der Waals surface area contributed by atoms with Gasteiger partial charge in [0.2, 0.25) is 0 Å². The van der Waals surface area contributed by atoms with Crippen LogP contribution in [0.5, 0.6) is 0 Å². The summed E-state index contributed by atoms with van der Waals surface area (Å²) >= 11 is 0. The quantitative estimate of drug-likeness (QED) is 0.625. The van der Waals surface area contributed by atoms with E-state index in [2.05, 4.69) is 0 Å². The van der Waals surface area contributed by atoms with E-state index >= 15 is 0 Å². The van der Waals surface area contributed by atoms with E-state index in [1.165, 1.54) is 6.42 Å². The van der Waals surface area contributed by atoms with Crippen molar-refractivity contribution in [2.24, 2.45) is 0 Å². The van der Waals surface area contributed by atoms with E-state index in [0.717, 1.165) is 25.7 Å². The molecule has 2 rings (SSSR count). The first-order valence-corrected chi connectivity index (χ1v) is 4.77. The van der Waals surface area contributed by atoms with Gasteiger partial charge in [-0.25, -0.2) is 4.79 Å². The minimum atomic E-state index is -0.624. The lowest BCUT2D eigenvalue weighted by Crippen LogP contribution is -2.43. The Kier molecular flexibility index (Phi) is 2.15. The zero-order valence-corrected chi connectivity index (χ0v) is 7.49. The molecule has 1 spiro atoms. The Hall–Kier alpha value is -0.770. The number of ether oxygens (including phenoxy) is 2. The van der Waals surface area contributed by atoms with Crippen LogP contribution in [0.25, 0.3) is 0 Å². The van der Waals surface area contributed by atoms with Gasteiger partial charge >= 0.3 is 6.16 Å². The summed E-state index contributed by atoms with van der Waals surface area (Å²) in [5.41, 5.74) is -0.510. The van der Waals surface area contributed by atoms with Gasteiger partial charge in [-0.1, -0.05) is 6.42 Å². The molecule has 13 heavy (non-hydrogen) atoms. The molecule has 74 valence electrons. The molecule has 0 aromatic carbocycles. The van der Waals surface area contributed by atoms with Crippen molar-refractivity contribution in [3.05, 3.63) is 0 Å². The summed E-state index contributed by atoms with van der Waals surface area (Å²) in [4.78, 5) is 10.9. The number of aliphatic hydroxyl groups is 1. The smallest absolute Gasteiger partial charge is 0.424 e. The lowest BCUT2D eigenvalue weighted by Gasteiger charge is -2.33. The Balaban J connectivity index is 2.13. The Morgan fingerprint density at radius 3 is 2.69 bits per heavy atom. The summed E-state index contributed by atoms with van der Waals surface area (Å²) in [5.74, 6) is 0. The third kappa shape index (κ3) is 1.39. The molecule has 0 bridgehead atoms. The third-order valence-corrected chi connectivity index (χ3v) is 2.98. The van der Waals surface area contributed by atoms with Gasteiger partial charge in [0.15, 0.2) is 11.7 Å². The highest BCUT2D eigenvalue weighted by Crippen LogP contribution is 2.39. The first-order chi connectivity index (χ1) is 6.27. The van der Waals surface area contributed by atoms with Crippen LogP contribution in [0.3, 0.4) is 0 Å². The first-order valence-electron chi connectivity index (χ1n) is 4.77. The van der Waals surface area contributed by atoms with Crippen LogP contribution in [0, 0.1) is 0 Å². The molecule has 2 fully saturated rings. The summed E-state index contributed by atoms with van der Waals surface area (Å²) in [6.45, 7) is -0.133. The Labute approximate surface area is 76.8 Å². The van der Waals surface area contributed by atoms with Crippen LogP contribution < -0.4 is 0 Å². The summed E-state index contributed by atoms with van der Waals surface area (Å²) in [6.07, 6.45) is 3.85. The Bertz CT molecular complexity index is 208. The van der Waals surface area contributed by atoms with E-state index < -0.39 is 17.9 Å². The minimum absolute atomic E-state index is 0.133. The fraction of sp³-hybridized carbons (Fsp3) is 0.889. The monoisotopic (exact) mass is 186 g/mol. The predicted octanol–water partition coefficient (Wildman–Crippen LogP) is 1.22. The normalized spacial score (nSPS) is 31.5. The van der Waals surface area contributed by atoms with Gasteiger partial charge in [0.1, 0.15) is 0 Å². The highest BCUT2D eigenvalue weighted by atomic mass is 16.8. The number of rotatable bonds is 1. The molecule has 0 aromatic heterocycles. The maximum Gasteiger partial charge on any atom is 0.509 e. The molecule has 1 aliphatic heterocycles. The Morgan fingerprint density at radius 1 is 1.38 bits per heavy atom. The SMILES string of the molecule is O=C1OC(CO)C2(CCCCC2)O1. The minimum Gasteiger partial charge on any atom is -0.424 e. The molecule has 1 N–H and O–H groups in total. The zero-order valence-electron chi connectivity index (χ0n) is 7.49. The van der Waals surface area contributed by atoms with Gasteiger partial charge in [-0.15, -0.1) is 0 Å². The molecule has 4 heteroatoms. The van der Waals surface area contributed by atoms with Gasteiger partial charge in [-0.2, -0.15) is 0 Å². The molecule has 0 amide bonds. The van der Waals surface area contributed by atoms with Crippen molar-refractivity contribution in [3.63, 3.8) is 0 Å². The topological polar surface area (TPSA) is 55.8 Å². The van der Waals surface area contributed by atoms with E-state index in [1.54, 1.807) is 0 Å². The number of cyclic esters (lactones) is 1. The molecule has 1 unspecified atom stereocenters. The van der Waals surface area contributed by atoms with Gasteiger partial charge < -0.3 is 14.6 Å². The second-order valence-electron chi connectivity index (χ2n) is 3.77. The summed E-state index contributed by atoms with van der Waals surface area (Å²) in [6, 6.07) is 0. The number of carbonyl (C=O) groups excluding carboxylic acids is 1. The average Bonchev–Trinajstić information content (AvgIpc) is 2.43. The van der Waals surface area contributed by atoms with Crippen molar-refractivity contribution < 1.29 is 19.4 Å². The second kappa shape index (κ2) is 3.18. The van der Waals surface area contributed by atoms with Crippen LogP contribution in [0.2, 0.25) is 0 Å². The van der Waals surface area contributed by atoms with Crippen LogP contribution in [0.4, 0.5) is 4.79 Å². The highest BCUT2D eigenvalue weighted by molar-refractivity contribution is 5.63. The molecular formula is C9H14O4. The number of hydrogen-bond acceptors (Lipinski definition) is 4. The van der Waals surface area contributed by atoms with Crippen LogP contribution in [0.15, 0.2) is 0 Å². The predicted molar refractivity (Wildman–Crippen MR) is 44.3 cm³/mol. The van der Waals surface area contributed by atoms with Crippen molar-refractivity contribution >= 4 is 6.16 Å². The van der Waals surface area contributed by atoms with Crippen LogP contribution >= 0.6 is 0 Å². The van der Waals surface area contributed by atoms with Gasteiger partial charge in [0.05, 0.1) is 6.61 Å². The van der Waals surface area contributed by atoms with Gasteiger partial charge in [-0.3, -0.25) is 0 Å². The molecule has 1 saturated carbocycles. The van der Waals surface area contributed by atoms with E-state index in [-0.39, 0.29) is 6.61 Å². The van der Waals surface area contributed by atoms with E-state index in [9.17, 15) is 4.79 Å².